The molecule has 5 heteroatoms. The van der Waals surface area contributed by atoms with E-state index in [0.29, 0.717) is 16.5 Å². The van der Waals surface area contributed by atoms with Gasteiger partial charge in [0.25, 0.3) is 0 Å². The highest BCUT2D eigenvalue weighted by Crippen LogP contribution is 2.38. The van der Waals surface area contributed by atoms with Crippen LogP contribution in [0, 0.1) is 0 Å². The number of ketones is 2. The molecule has 1 aliphatic carbocycles. The molecular weight excluding hydrogens is 292 g/mol. The Morgan fingerprint density at radius 3 is 2.38 bits per heavy atom. The summed E-state index contributed by atoms with van der Waals surface area (Å²) in [6.07, 6.45) is 0. The van der Waals surface area contributed by atoms with Crippen LogP contribution in [0.2, 0.25) is 5.02 Å². The Hall–Kier alpha value is -2.59. The SMILES string of the molecule is O=C1c2ccccc2C(=O)c2c1oc1cc(O)c(Cl)cc21. The Morgan fingerprint density at radius 2 is 1.67 bits per heavy atom. The summed E-state index contributed by atoms with van der Waals surface area (Å²) in [5, 5.41) is 10.2. The van der Waals surface area contributed by atoms with Crippen molar-refractivity contribution in [3.05, 3.63) is 63.9 Å². The van der Waals surface area contributed by atoms with Crippen molar-refractivity contribution in [1.29, 1.82) is 0 Å². The molecule has 3 aromatic rings. The third kappa shape index (κ3) is 1.51. The van der Waals surface area contributed by atoms with Gasteiger partial charge in [-0.3, -0.25) is 9.59 Å². The lowest BCUT2D eigenvalue weighted by molar-refractivity contribution is 0.0962. The van der Waals surface area contributed by atoms with E-state index in [1.807, 2.05) is 0 Å². The molecule has 0 fully saturated rings. The largest absolute Gasteiger partial charge is 0.506 e. The van der Waals surface area contributed by atoms with E-state index in [-0.39, 0.29) is 39.2 Å². The molecule has 0 unspecified atom stereocenters. The molecule has 4 rings (SSSR count). The third-order valence-corrected chi connectivity index (χ3v) is 3.91. The van der Waals surface area contributed by atoms with Crippen LogP contribution in [-0.4, -0.2) is 16.7 Å². The van der Waals surface area contributed by atoms with Gasteiger partial charge in [-0.05, 0) is 6.07 Å². The fraction of sp³-hybridized carbons (Fsp3) is 0. The van der Waals surface area contributed by atoms with Crippen molar-refractivity contribution < 1.29 is 19.1 Å². The van der Waals surface area contributed by atoms with Crippen LogP contribution in [0.4, 0.5) is 0 Å². The summed E-state index contributed by atoms with van der Waals surface area (Å²) in [5.41, 5.74) is 1.14. The molecule has 102 valence electrons. The number of hydrogen-bond donors (Lipinski definition) is 1. The summed E-state index contributed by atoms with van der Waals surface area (Å²) in [6.45, 7) is 0. The predicted molar refractivity (Wildman–Crippen MR) is 76.2 cm³/mol. The Labute approximate surface area is 123 Å². The van der Waals surface area contributed by atoms with Crippen molar-refractivity contribution in [3.63, 3.8) is 0 Å². The molecule has 0 bridgehead atoms. The van der Waals surface area contributed by atoms with Crippen molar-refractivity contribution in [2.75, 3.05) is 0 Å². The van der Waals surface area contributed by atoms with Gasteiger partial charge in [0.05, 0.1) is 10.6 Å². The van der Waals surface area contributed by atoms with Gasteiger partial charge in [-0.15, -0.1) is 0 Å². The first-order valence-corrected chi connectivity index (χ1v) is 6.59. The number of furan rings is 1. The molecule has 1 aliphatic rings. The van der Waals surface area contributed by atoms with Gasteiger partial charge in [0.1, 0.15) is 11.3 Å². The Morgan fingerprint density at radius 1 is 1.00 bits per heavy atom. The molecular formula is C16H7ClO4. The van der Waals surface area contributed by atoms with E-state index in [0.717, 1.165) is 0 Å². The van der Waals surface area contributed by atoms with Crippen molar-refractivity contribution in [2.24, 2.45) is 0 Å². The predicted octanol–water partition coefficient (Wildman–Crippen LogP) is 3.57. The molecule has 21 heavy (non-hydrogen) atoms. The van der Waals surface area contributed by atoms with E-state index in [9.17, 15) is 14.7 Å². The maximum Gasteiger partial charge on any atom is 0.229 e. The summed E-state index contributed by atoms with van der Waals surface area (Å²) in [6, 6.07) is 9.35. The third-order valence-electron chi connectivity index (χ3n) is 3.61. The second-order valence-corrected chi connectivity index (χ2v) is 5.22. The van der Waals surface area contributed by atoms with Crippen molar-refractivity contribution >= 4 is 34.1 Å². The van der Waals surface area contributed by atoms with E-state index < -0.39 is 0 Å². The zero-order chi connectivity index (χ0) is 14.7. The zero-order valence-corrected chi connectivity index (χ0v) is 11.3. The summed E-state index contributed by atoms with van der Waals surface area (Å²) >= 11 is 5.88. The number of hydrogen-bond acceptors (Lipinski definition) is 4. The molecule has 0 aliphatic heterocycles. The van der Waals surface area contributed by atoms with Crippen molar-refractivity contribution in [1.82, 2.24) is 0 Å². The average molecular weight is 299 g/mol. The molecule has 0 radical (unpaired) electrons. The summed E-state index contributed by atoms with van der Waals surface area (Å²) < 4.78 is 5.48. The van der Waals surface area contributed by atoms with Crippen LogP contribution in [0.3, 0.4) is 0 Å². The van der Waals surface area contributed by atoms with Crippen LogP contribution in [0.1, 0.15) is 32.0 Å². The summed E-state index contributed by atoms with van der Waals surface area (Å²) in [5.74, 6) is -0.782. The van der Waals surface area contributed by atoms with E-state index in [1.54, 1.807) is 24.3 Å². The molecule has 0 saturated carbocycles. The van der Waals surface area contributed by atoms with Gasteiger partial charge in [-0.25, -0.2) is 0 Å². The molecule has 1 aromatic heterocycles. The Kier molecular flexibility index (Phi) is 2.30. The molecule has 1 heterocycles. The van der Waals surface area contributed by atoms with Crippen LogP contribution in [0.25, 0.3) is 11.0 Å². The summed E-state index contributed by atoms with van der Waals surface area (Å²) in [4.78, 5) is 25.1. The number of rotatable bonds is 0. The lowest BCUT2D eigenvalue weighted by Crippen LogP contribution is -2.19. The fourth-order valence-electron chi connectivity index (χ4n) is 2.63. The maximum atomic E-state index is 12.6. The van der Waals surface area contributed by atoms with Crippen LogP contribution in [-0.2, 0) is 0 Å². The highest BCUT2D eigenvalue weighted by Gasteiger charge is 2.35. The van der Waals surface area contributed by atoms with E-state index in [1.165, 1.54) is 12.1 Å². The number of carbonyl (C=O) groups excluding carboxylic acids is 2. The van der Waals surface area contributed by atoms with Crippen molar-refractivity contribution in [2.45, 2.75) is 0 Å². The van der Waals surface area contributed by atoms with E-state index in [4.69, 9.17) is 16.0 Å². The molecule has 4 nitrogen and oxygen atoms in total. The number of carbonyl (C=O) groups is 2. The first-order chi connectivity index (χ1) is 10.1. The Bertz CT molecular complexity index is 952. The minimum atomic E-state index is -0.341. The lowest BCUT2D eigenvalue weighted by atomic mass is 9.87. The monoisotopic (exact) mass is 298 g/mol. The van der Waals surface area contributed by atoms with Crippen molar-refractivity contribution in [3.8, 4) is 5.75 Å². The lowest BCUT2D eigenvalue weighted by Gasteiger charge is -2.12. The number of phenols is 1. The van der Waals surface area contributed by atoms with Gasteiger partial charge < -0.3 is 9.52 Å². The number of aromatic hydroxyl groups is 1. The second kappa shape index (κ2) is 3.96. The smallest absolute Gasteiger partial charge is 0.229 e. The van der Waals surface area contributed by atoms with Crippen LogP contribution >= 0.6 is 11.6 Å². The maximum absolute atomic E-state index is 12.6. The second-order valence-electron chi connectivity index (χ2n) is 4.81. The Balaban J connectivity index is 2.11. The van der Waals surface area contributed by atoms with Gasteiger partial charge in [0, 0.05) is 22.6 Å². The highest BCUT2D eigenvalue weighted by atomic mass is 35.5. The first-order valence-electron chi connectivity index (χ1n) is 6.21. The fourth-order valence-corrected chi connectivity index (χ4v) is 2.79. The quantitative estimate of drug-likeness (QED) is 0.539. The summed E-state index contributed by atoms with van der Waals surface area (Å²) in [7, 11) is 0. The van der Waals surface area contributed by atoms with Gasteiger partial charge in [-0.2, -0.15) is 0 Å². The van der Waals surface area contributed by atoms with Crippen LogP contribution < -0.4 is 0 Å². The van der Waals surface area contributed by atoms with E-state index >= 15 is 0 Å². The number of halogens is 1. The van der Waals surface area contributed by atoms with Gasteiger partial charge in [0.15, 0.2) is 11.5 Å². The molecule has 2 aromatic carbocycles. The standard InChI is InChI=1S/C16H7ClO4/c17-10-5-9-12(6-11(10)18)21-16-13(9)14(19)7-3-1-2-4-8(7)15(16)20/h1-6,18H. The minimum absolute atomic E-state index is 0.00429. The van der Waals surface area contributed by atoms with Crippen LogP contribution in [0.5, 0.6) is 5.75 Å². The molecule has 0 amide bonds. The average Bonchev–Trinajstić information content (AvgIpc) is 2.84. The molecule has 1 N–H and O–H groups in total. The van der Waals surface area contributed by atoms with E-state index in [2.05, 4.69) is 0 Å². The van der Waals surface area contributed by atoms with Gasteiger partial charge in [-0.1, -0.05) is 35.9 Å². The molecule has 0 spiro atoms. The minimum Gasteiger partial charge on any atom is -0.506 e. The number of benzene rings is 2. The zero-order valence-electron chi connectivity index (χ0n) is 10.5. The highest BCUT2D eigenvalue weighted by molar-refractivity contribution is 6.35. The van der Waals surface area contributed by atoms with Gasteiger partial charge in [0.2, 0.25) is 5.78 Å². The topological polar surface area (TPSA) is 67.5 Å². The first kappa shape index (κ1) is 12.2. The number of fused-ring (bicyclic) bond motifs is 4. The molecule has 0 saturated heterocycles. The molecule has 0 atom stereocenters. The normalized spacial score (nSPS) is 13.4. The number of phenolic OH excluding ortho intramolecular Hbond substituents is 1. The van der Waals surface area contributed by atoms with Crippen LogP contribution in [0.15, 0.2) is 40.8 Å². The van der Waals surface area contributed by atoms with Gasteiger partial charge >= 0.3 is 0 Å².